The van der Waals surface area contributed by atoms with Gasteiger partial charge >= 0.3 is 0 Å². The lowest BCUT2D eigenvalue weighted by Crippen LogP contribution is -2.33. The molecule has 4 nitrogen and oxygen atoms in total. The zero-order valence-electron chi connectivity index (χ0n) is 23.4. The molecule has 0 bridgehead atoms. The lowest BCUT2D eigenvalue weighted by molar-refractivity contribution is -0.306. The molecule has 0 radical (unpaired) electrons. The monoisotopic (exact) mass is 792 g/mol. The first-order valence-corrected chi connectivity index (χ1v) is 19.0. The van der Waals surface area contributed by atoms with E-state index in [-0.39, 0.29) is 25.7 Å². The van der Waals surface area contributed by atoms with E-state index in [0.717, 1.165) is 50.7 Å². The number of carboxylic acid groups (broad SMARTS) is 2. The highest BCUT2D eigenvalue weighted by molar-refractivity contribution is 9.11. The van der Waals surface area contributed by atoms with Crippen LogP contribution in [0.3, 0.4) is 0 Å². The van der Waals surface area contributed by atoms with Crippen LogP contribution in [0, 0.1) is 0 Å². The second kappa shape index (κ2) is 12.4. The second-order valence-corrected chi connectivity index (χ2v) is 18.0. The van der Waals surface area contributed by atoms with Crippen molar-refractivity contribution < 1.29 is 19.8 Å². The van der Waals surface area contributed by atoms with Crippen LogP contribution in [0.25, 0.3) is 51.5 Å². The van der Waals surface area contributed by atoms with Crippen molar-refractivity contribution in [1.82, 2.24) is 0 Å². The number of hydrogen-bond acceptors (Lipinski definition) is 8. The summed E-state index contributed by atoms with van der Waals surface area (Å²) in [5, 5.41) is 23.7. The van der Waals surface area contributed by atoms with Gasteiger partial charge in [-0.15, -0.1) is 45.3 Å². The molecule has 0 spiro atoms. The van der Waals surface area contributed by atoms with E-state index in [9.17, 15) is 19.8 Å². The Morgan fingerprint density at radius 1 is 0.533 bits per heavy atom. The number of fused-ring (bicyclic) bond motifs is 3. The molecule has 0 saturated heterocycles. The second-order valence-electron chi connectivity index (χ2n) is 10.9. The van der Waals surface area contributed by atoms with Crippen molar-refractivity contribution in [1.29, 1.82) is 0 Å². The Morgan fingerprint density at radius 3 is 1.29 bits per heavy atom. The summed E-state index contributed by atoms with van der Waals surface area (Å²) in [6, 6.07) is 29.4. The molecule has 45 heavy (non-hydrogen) atoms. The minimum atomic E-state index is -1.15. The number of carbonyl (C=O) groups excluding carboxylic acids is 2. The van der Waals surface area contributed by atoms with Gasteiger partial charge in [-0.25, -0.2) is 0 Å². The molecule has 0 aliphatic heterocycles. The zero-order valence-corrected chi connectivity index (χ0v) is 29.9. The fourth-order valence-electron chi connectivity index (χ4n) is 6.24. The molecule has 226 valence electrons. The van der Waals surface area contributed by atoms with Gasteiger partial charge in [-0.3, -0.25) is 0 Å². The summed E-state index contributed by atoms with van der Waals surface area (Å²) in [5.74, 6) is -2.31. The Kier molecular flexibility index (Phi) is 8.47. The van der Waals surface area contributed by atoms with E-state index >= 15 is 0 Å². The first-order valence-electron chi connectivity index (χ1n) is 14.1. The van der Waals surface area contributed by atoms with Gasteiger partial charge in [-0.2, -0.15) is 0 Å². The maximum atomic E-state index is 11.9. The van der Waals surface area contributed by atoms with Gasteiger partial charge < -0.3 is 19.8 Å². The lowest BCUT2D eigenvalue weighted by Gasteiger charge is -2.33. The third-order valence-electron chi connectivity index (χ3n) is 8.29. The van der Waals surface area contributed by atoms with Gasteiger partial charge in [-0.05, 0) is 152 Å². The summed E-state index contributed by atoms with van der Waals surface area (Å²) in [6.07, 6.45) is 0.0844. The van der Waals surface area contributed by atoms with Gasteiger partial charge in [0.05, 0.1) is 7.57 Å². The summed E-state index contributed by atoms with van der Waals surface area (Å²) in [4.78, 5) is 30.6. The Bertz CT molecular complexity index is 1930. The summed E-state index contributed by atoms with van der Waals surface area (Å²) < 4.78 is 2.15. The van der Waals surface area contributed by atoms with Crippen molar-refractivity contribution >= 4 is 89.1 Å². The highest BCUT2D eigenvalue weighted by Gasteiger charge is 2.43. The van der Waals surface area contributed by atoms with Crippen molar-refractivity contribution in [2.45, 2.75) is 31.1 Å². The number of carbonyl (C=O) groups is 2. The average molecular weight is 795 g/mol. The van der Waals surface area contributed by atoms with Gasteiger partial charge in [0.25, 0.3) is 0 Å². The van der Waals surface area contributed by atoms with Crippen LogP contribution in [-0.2, 0) is 15.0 Å². The highest BCUT2D eigenvalue weighted by Crippen LogP contribution is 2.56. The van der Waals surface area contributed by atoms with Gasteiger partial charge in [-0.1, -0.05) is 24.3 Å². The molecule has 7 rings (SSSR count). The number of benzene rings is 2. The molecule has 6 aromatic rings. The van der Waals surface area contributed by atoms with Gasteiger partial charge in [0.15, 0.2) is 0 Å². The Morgan fingerprint density at radius 2 is 0.911 bits per heavy atom. The number of aliphatic carboxylic acids is 2. The number of hydrogen-bond donors (Lipinski definition) is 0. The molecular formula is C35H22Br2O4S4-2. The molecule has 0 amide bonds. The van der Waals surface area contributed by atoms with Gasteiger partial charge in [0.2, 0.25) is 0 Å². The Labute approximate surface area is 292 Å². The van der Waals surface area contributed by atoms with E-state index in [1.165, 1.54) is 19.5 Å². The van der Waals surface area contributed by atoms with E-state index in [1.807, 2.05) is 12.1 Å². The highest BCUT2D eigenvalue weighted by atomic mass is 79.9. The van der Waals surface area contributed by atoms with Crippen LogP contribution in [0.5, 0.6) is 0 Å². The van der Waals surface area contributed by atoms with Crippen molar-refractivity contribution in [3.8, 4) is 51.5 Å². The molecule has 2 aromatic carbocycles. The van der Waals surface area contributed by atoms with Crippen LogP contribution < -0.4 is 10.2 Å². The average Bonchev–Trinajstić information content (AvgIpc) is 3.85. The number of carboxylic acids is 2. The standard InChI is InChI=1S/C35H24Br2O4S4/c36-31-11-9-29(44-31)27-7-5-25(42-27)19-1-3-21-22-4-2-20(26-6-8-28(43-26)30-10-12-32(37)45-30)18-24(22)35(23(21)17-19,15-13-33(38)39)16-14-34(40)41/h1-12,17-18H,13-16H2,(H,38,39)(H,40,41)/p-2. The summed E-state index contributed by atoms with van der Waals surface area (Å²) in [5.41, 5.74) is 5.14. The molecule has 4 aromatic heterocycles. The van der Waals surface area contributed by atoms with Gasteiger partial charge in [0.1, 0.15) is 0 Å². The van der Waals surface area contributed by atoms with Crippen molar-refractivity contribution in [2.75, 3.05) is 0 Å². The summed E-state index contributed by atoms with van der Waals surface area (Å²) in [7, 11) is 0. The van der Waals surface area contributed by atoms with Crippen LogP contribution >= 0.6 is 77.2 Å². The normalized spacial score (nSPS) is 13.1. The van der Waals surface area contributed by atoms with Crippen LogP contribution in [0.1, 0.15) is 36.8 Å². The van der Waals surface area contributed by atoms with Crippen molar-refractivity contribution in [3.05, 3.63) is 104 Å². The summed E-state index contributed by atoms with van der Waals surface area (Å²) >= 11 is 13.9. The third-order valence-corrected chi connectivity index (χ3v) is 14.2. The Hall–Kier alpha value is -2.86. The quantitative estimate of drug-likeness (QED) is 0.139. The molecule has 4 heterocycles. The SMILES string of the molecule is O=C([O-])CCC1(CCC(=O)[O-])c2cc(-c3ccc(-c4ccc(Br)s4)s3)ccc2-c2ccc(-c3ccc(-c4ccc(Br)s4)s3)cc21. The summed E-state index contributed by atoms with van der Waals surface area (Å²) in [6.45, 7) is 0. The number of thiophene rings is 4. The molecule has 0 fully saturated rings. The molecule has 0 atom stereocenters. The van der Waals surface area contributed by atoms with Crippen LogP contribution in [0.4, 0.5) is 0 Å². The topological polar surface area (TPSA) is 80.3 Å². The first kappa shape index (κ1) is 30.8. The maximum absolute atomic E-state index is 11.9. The van der Waals surface area contributed by atoms with Crippen molar-refractivity contribution in [2.24, 2.45) is 0 Å². The molecule has 1 aliphatic rings. The van der Waals surface area contributed by atoms with E-state index in [2.05, 4.69) is 105 Å². The lowest BCUT2D eigenvalue weighted by atomic mass is 9.70. The smallest absolute Gasteiger partial charge is 0.0705 e. The molecule has 10 heteroatoms. The minimum Gasteiger partial charge on any atom is -0.550 e. The first-order chi connectivity index (χ1) is 21.7. The van der Waals surface area contributed by atoms with Crippen LogP contribution in [-0.4, -0.2) is 11.9 Å². The van der Waals surface area contributed by atoms with Gasteiger partial charge in [0, 0.05) is 46.6 Å². The molecule has 0 unspecified atom stereocenters. The maximum Gasteiger partial charge on any atom is 0.0705 e. The number of halogens is 2. The molecule has 0 N–H and O–H groups in total. The predicted octanol–water partition coefficient (Wildman–Crippen LogP) is 9.45. The van der Waals surface area contributed by atoms with Crippen molar-refractivity contribution in [3.63, 3.8) is 0 Å². The molecule has 0 saturated carbocycles. The third kappa shape index (κ3) is 5.92. The molecule has 1 aliphatic carbocycles. The minimum absolute atomic E-state index is 0.187. The van der Waals surface area contributed by atoms with E-state index < -0.39 is 17.4 Å². The fraction of sp³-hybridized carbons (Fsp3) is 0.143. The van der Waals surface area contributed by atoms with E-state index in [4.69, 9.17) is 0 Å². The largest absolute Gasteiger partial charge is 0.550 e. The Balaban J connectivity index is 1.34. The van der Waals surface area contributed by atoms with E-state index in [0.29, 0.717) is 0 Å². The fourth-order valence-corrected chi connectivity index (χ4v) is 11.2. The molecular weight excluding hydrogens is 772 g/mol. The van der Waals surface area contributed by atoms with Crippen LogP contribution in [0.15, 0.2) is 92.5 Å². The van der Waals surface area contributed by atoms with E-state index in [1.54, 1.807) is 45.3 Å². The number of rotatable bonds is 10. The predicted molar refractivity (Wildman–Crippen MR) is 190 cm³/mol. The van der Waals surface area contributed by atoms with Crippen LogP contribution in [0.2, 0.25) is 0 Å². The zero-order chi connectivity index (χ0) is 31.3.